The number of piperidine rings is 1. The number of carbonyl (C=O) groups is 1. The third-order valence-corrected chi connectivity index (χ3v) is 4.10. The molecule has 1 unspecified atom stereocenters. The van der Waals surface area contributed by atoms with Gasteiger partial charge >= 0.3 is 0 Å². The first-order valence-electron chi connectivity index (χ1n) is 6.76. The van der Waals surface area contributed by atoms with Gasteiger partial charge in [-0.3, -0.25) is 9.59 Å². The molecule has 1 saturated heterocycles. The van der Waals surface area contributed by atoms with Crippen molar-refractivity contribution in [3.63, 3.8) is 0 Å². The molecular weight excluding hydrogens is 254 g/mol. The highest BCUT2D eigenvalue weighted by Gasteiger charge is 2.24. The largest absolute Gasteiger partial charge is 0.346 e. The van der Waals surface area contributed by atoms with Gasteiger partial charge in [0.15, 0.2) is 0 Å². The molecule has 1 aromatic heterocycles. The van der Waals surface area contributed by atoms with Crippen molar-refractivity contribution in [3.05, 3.63) is 40.3 Å². The second-order valence-corrected chi connectivity index (χ2v) is 5.43. The molecule has 2 heterocycles. The summed E-state index contributed by atoms with van der Waals surface area (Å²) < 4.78 is 1.33. The predicted octanol–water partition coefficient (Wildman–Crippen LogP) is 1.27. The molecule has 3 rings (SSSR count). The van der Waals surface area contributed by atoms with Crippen LogP contribution in [0, 0.1) is 0 Å². The van der Waals surface area contributed by atoms with E-state index in [1.165, 1.54) is 4.68 Å². The standard InChI is InChI=1S/C15H17N3O2/c1-17-6-5-11(8-14(17)19)10-3-4-13-12(7-10)9-16-18(2)15(13)20/h3-4,7,9,11H,5-6,8H2,1-2H3. The van der Waals surface area contributed by atoms with Gasteiger partial charge in [-0.2, -0.15) is 5.10 Å². The van der Waals surface area contributed by atoms with Crippen LogP contribution in [0.5, 0.6) is 0 Å². The van der Waals surface area contributed by atoms with E-state index in [-0.39, 0.29) is 17.4 Å². The third-order valence-electron chi connectivity index (χ3n) is 4.10. The Morgan fingerprint density at radius 3 is 2.80 bits per heavy atom. The summed E-state index contributed by atoms with van der Waals surface area (Å²) in [4.78, 5) is 25.5. The molecule has 1 atom stereocenters. The average molecular weight is 271 g/mol. The molecule has 1 fully saturated rings. The molecule has 5 nitrogen and oxygen atoms in total. The van der Waals surface area contributed by atoms with Gasteiger partial charge in [-0.1, -0.05) is 6.07 Å². The fraction of sp³-hybridized carbons (Fsp3) is 0.400. The van der Waals surface area contributed by atoms with Crippen molar-refractivity contribution in [1.82, 2.24) is 14.7 Å². The summed E-state index contributed by atoms with van der Waals surface area (Å²) in [6.07, 6.45) is 3.21. The number of carbonyl (C=O) groups excluding carboxylic acids is 1. The highest BCUT2D eigenvalue weighted by Crippen LogP contribution is 2.29. The van der Waals surface area contributed by atoms with E-state index in [0.717, 1.165) is 23.9 Å². The topological polar surface area (TPSA) is 55.2 Å². The van der Waals surface area contributed by atoms with Crippen molar-refractivity contribution >= 4 is 16.7 Å². The fourth-order valence-electron chi connectivity index (χ4n) is 2.74. The quantitative estimate of drug-likeness (QED) is 0.785. The van der Waals surface area contributed by atoms with Crippen LogP contribution < -0.4 is 5.56 Å². The molecule has 0 radical (unpaired) electrons. The van der Waals surface area contributed by atoms with Crippen molar-refractivity contribution < 1.29 is 4.79 Å². The van der Waals surface area contributed by atoms with Crippen molar-refractivity contribution in [2.75, 3.05) is 13.6 Å². The Morgan fingerprint density at radius 1 is 1.25 bits per heavy atom. The lowest BCUT2D eigenvalue weighted by atomic mass is 9.88. The molecule has 1 aromatic carbocycles. The van der Waals surface area contributed by atoms with Gasteiger partial charge in [0.2, 0.25) is 5.91 Å². The summed E-state index contributed by atoms with van der Waals surface area (Å²) in [6.45, 7) is 0.788. The first-order valence-corrected chi connectivity index (χ1v) is 6.76. The lowest BCUT2D eigenvalue weighted by molar-refractivity contribution is -0.132. The van der Waals surface area contributed by atoms with Gasteiger partial charge in [-0.15, -0.1) is 0 Å². The summed E-state index contributed by atoms with van der Waals surface area (Å²) >= 11 is 0. The summed E-state index contributed by atoms with van der Waals surface area (Å²) in [6, 6.07) is 5.80. The van der Waals surface area contributed by atoms with Crippen LogP contribution in [-0.4, -0.2) is 34.2 Å². The molecule has 0 bridgehead atoms. The number of likely N-dealkylation sites (tertiary alicyclic amines) is 1. The minimum atomic E-state index is -0.0893. The van der Waals surface area contributed by atoms with Crippen molar-refractivity contribution in [3.8, 4) is 0 Å². The van der Waals surface area contributed by atoms with Gasteiger partial charge < -0.3 is 4.90 Å². The van der Waals surface area contributed by atoms with Crippen LogP contribution >= 0.6 is 0 Å². The zero-order valence-electron chi connectivity index (χ0n) is 11.7. The van der Waals surface area contributed by atoms with Crippen LogP contribution in [0.25, 0.3) is 10.8 Å². The van der Waals surface area contributed by atoms with E-state index in [1.54, 1.807) is 18.1 Å². The van der Waals surface area contributed by atoms with Gasteiger partial charge in [0, 0.05) is 32.4 Å². The molecule has 0 spiro atoms. The lowest BCUT2D eigenvalue weighted by Gasteiger charge is -2.29. The van der Waals surface area contributed by atoms with Gasteiger partial charge in [0.05, 0.1) is 11.6 Å². The molecule has 1 aliphatic heterocycles. The Kier molecular flexibility index (Phi) is 3.04. The highest BCUT2D eigenvalue weighted by atomic mass is 16.2. The Bertz CT molecular complexity index is 735. The van der Waals surface area contributed by atoms with Crippen LogP contribution in [0.2, 0.25) is 0 Å². The monoisotopic (exact) mass is 271 g/mol. The molecule has 0 N–H and O–H groups in total. The van der Waals surface area contributed by atoms with Gasteiger partial charge in [-0.05, 0) is 30.0 Å². The predicted molar refractivity (Wildman–Crippen MR) is 76.6 cm³/mol. The summed E-state index contributed by atoms with van der Waals surface area (Å²) in [5.41, 5.74) is 1.03. The van der Waals surface area contributed by atoms with Crippen molar-refractivity contribution in [2.24, 2.45) is 7.05 Å². The minimum absolute atomic E-state index is 0.0893. The number of fused-ring (bicyclic) bond motifs is 1. The maximum atomic E-state index is 12.0. The van der Waals surface area contributed by atoms with E-state index in [0.29, 0.717) is 11.8 Å². The number of rotatable bonds is 1. The van der Waals surface area contributed by atoms with Crippen LogP contribution in [0.1, 0.15) is 24.3 Å². The van der Waals surface area contributed by atoms with Gasteiger partial charge in [0.25, 0.3) is 5.56 Å². The zero-order valence-corrected chi connectivity index (χ0v) is 11.7. The van der Waals surface area contributed by atoms with Gasteiger partial charge in [0.1, 0.15) is 0 Å². The zero-order chi connectivity index (χ0) is 14.3. The number of aromatic nitrogens is 2. The molecule has 5 heteroatoms. The van der Waals surface area contributed by atoms with E-state index in [4.69, 9.17) is 0 Å². The van der Waals surface area contributed by atoms with Crippen LogP contribution in [-0.2, 0) is 11.8 Å². The first-order chi connectivity index (χ1) is 9.56. The third kappa shape index (κ3) is 2.09. The molecule has 1 aliphatic rings. The summed E-state index contributed by atoms with van der Waals surface area (Å²) in [5, 5.41) is 5.57. The van der Waals surface area contributed by atoms with E-state index in [1.807, 2.05) is 25.2 Å². The molecule has 0 saturated carbocycles. The number of aryl methyl sites for hydroxylation is 1. The SMILES string of the molecule is CN1CCC(c2ccc3c(=O)n(C)ncc3c2)CC1=O. The number of hydrogen-bond donors (Lipinski definition) is 0. The number of benzene rings is 1. The molecule has 1 amide bonds. The minimum Gasteiger partial charge on any atom is -0.346 e. The number of amides is 1. The molecule has 20 heavy (non-hydrogen) atoms. The summed E-state index contributed by atoms with van der Waals surface area (Å²) in [5.74, 6) is 0.426. The highest BCUT2D eigenvalue weighted by molar-refractivity contribution is 5.82. The smallest absolute Gasteiger partial charge is 0.274 e. The lowest BCUT2D eigenvalue weighted by Crippen LogP contribution is -2.34. The second kappa shape index (κ2) is 4.74. The average Bonchev–Trinajstić information content (AvgIpc) is 2.45. The first kappa shape index (κ1) is 12.8. The molecule has 104 valence electrons. The normalized spacial score (nSPS) is 19.6. The molecular formula is C15H17N3O2. The van der Waals surface area contributed by atoms with Crippen molar-refractivity contribution in [2.45, 2.75) is 18.8 Å². The van der Waals surface area contributed by atoms with Crippen molar-refractivity contribution in [1.29, 1.82) is 0 Å². The fourth-order valence-corrected chi connectivity index (χ4v) is 2.74. The maximum Gasteiger partial charge on any atom is 0.274 e. The Morgan fingerprint density at radius 2 is 2.05 bits per heavy atom. The van der Waals surface area contributed by atoms with Crippen LogP contribution in [0.15, 0.2) is 29.2 Å². The van der Waals surface area contributed by atoms with E-state index < -0.39 is 0 Å². The number of nitrogens with zero attached hydrogens (tertiary/aromatic N) is 3. The second-order valence-electron chi connectivity index (χ2n) is 5.43. The van der Waals surface area contributed by atoms with E-state index >= 15 is 0 Å². The Hall–Kier alpha value is -2.17. The van der Waals surface area contributed by atoms with Crippen LogP contribution in [0.3, 0.4) is 0 Å². The summed E-state index contributed by atoms with van der Waals surface area (Å²) in [7, 11) is 3.48. The maximum absolute atomic E-state index is 12.0. The molecule has 0 aliphatic carbocycles. The Balaban J connectivity index is 2.00. The van der Waals surface area contributed by atoms with E-state index in [9.17, 15) is 9.59 Å². The number of hydrogen-bond acceptors (Lipinski definition) is 3. The van der Waals surface area contributed by atoms with E-state index in [2.05, 4.69) is 5.10 Å². The van der Waals surface area contributed by atoms with Gasteiger partial charge in [-0.25, -0.2) is 4.68 Å². The Labute approximate surface area is 116 Å². The van der Waals surface area contributed by atoms with Crippen LogP contribution in [0.4, 0.5) is 0 Å². The molecule has 2 aromatic rings.